The zero-order valence-corrected chi connectivity index (χ0v) is 15.7. The lowest BCUT2D eigenvalue weighted by Gasteiger charge is -2.49. The molecule has 1 aliphatic rings. The highest BCUT2D eigenvalue weighted by atomic mass is 32.2. The summed E-state index contributed by atoms with van der Waals surface area (Å²) in [4.78, 5) is 2.39. The fraction of sp³-hybridized carbons (Fsp3) is 1.00. The third-order valence-corrected chi connectivity index (χ3v) is 6.27. The molecule has 0 aromatic rings. The molecule has 4 nitrogen and oxygen atoms in total. The summed E-state index contributed by atoms with van der Waals surface area (Å²) in [6, 6.07) is 0.781. The molecule has 0 spiro atoms. The van der Waals surface area contributed by atoms with Crippen LogP contribution in [0.5, 0.6) is 0 Å². The van der Waals surface area contributed by atoms with Gasteiger partial charge in [-0.3, -0.25) is 4.90 Å². The zero-order chi connectivity index (χ0) is 16.5. The molecule has 21 heavy (non-hydrogen) atoms. The fourth-order valence-corrected chi connectivity index (χ4v) is 3.69. The van der Waals surface area contributed by atoms with E-state index in [4.69, 9.17) is 0 Å². The summed E-state index contributed by atoms with van der Waals surface area (Å²) in [6.45, 7) is 17.6. The third kappa shape index (κ3) is 5.53. The molecule has 1 aliphatic heterocycles. The van der Waals surface area contributed by atoms with Gasteiger partial charge in [-0.05, 0) is 10.8 Å². The maximum absolute atomic E-state index is 11.8. The standard InChI is InChI=1S/C16H34N2O2S/c1-8-21(19,20)10-9-18-12-13(15(2,3)4)17-11-14(18)16(5,6)7/h13-14,17H,8-12H2,1-7H3. The number of sulfone groups is 1. The Kier molecular flexibility index (Phi) is 5.90. The number of hydrogen-bond donors (Lipinski definition) is 1. The van der Waals surface area contributed by atoms with Gasteiger partial charge in [-0.2, -0.15) is 0 Å². The zero-order valence-electron chi connectivity index (χ0n) is 14.9. The minimum absolute atomic E-state index is 0.145. The largest absolute Gasteiger partial charge is 0.311 e. The first-order valence-electron chi connectivity index (χ1n) is 8.04. The first kappa shape index (κ1) is 18.9. The van der Waals surface area contributed by atoms with Crippen LogP contribution in [0.2, 0.25) is 0 Å². The predicted octanol–water partition coefficient (Wildman–Crippen LogP) is 2.16. The lowest BCUT2D eigenvalue weighted by atomic mass is 9.79. The van der Waals surface area contributed by atoms with Gasteiger partial charge in [0.1, 0.15) is 0 Å². The Morgan fingerprint density at radius 2 is 1.67 bits per heavy atom. The van der Waals surface area contributed by atoms with Gasteiger partial charge < -0.3 is 5.32 Å². The Bertz CT molecular complexity index is 432. The van der Waals surface area contributed by atoms with Crippen LogP contribution in [0.4, 0.5) is 0 Å². The van der Waals surface area contributed by atoms with Crippen LogP contribution in [-0.2, 0) is 9.84 Å². The number of nitrogens with one attached hydrogen (secondary N) is 1. The topological polar surface area (TPSA) is 49.4 Å². The Morgan fingerprint density at radius 1 is 1.10 bits per heavy atom. The first-order chi connectivity index (χ1) is 9.37. The van der Waals surface area contributed by atoms with Crippen molar-refractivity contribution in [2.45, 2.75) is 60.5 Å². The third-order valence-electron chi connectivity index (χ3n) is 4.59. The Morgan fingerprint density at radius 3 is 2.10 bits per heavy atom. The quantitative estimate of drug-likeness (QED) is 0.863. The molecule has 0 aliphatic carbocycles. The van der Waals surface area contributed by atoms with Crippen LogP contribution in [0.25, 0.3) is 0 Å². The van der Waals surface area contributed by atoms with E-state index in [0.29, 0.717) is 18.6 Å². The molecule has 1 rings (SSSR count). The SMILES string of the molecule is CCS(=O)(=O)CCN1CC(C(C)(C)C)NCC1C(C)(C)C. The predicted molar refractivity (Wildman–Crippen MR) is 90.4 cm³/mol. The summed E-state index contributed by atoms with van der Waals surface area (Å²) in [5, 5.41) is 3.67. The minimum atomic E-state index is -2.90. The highest BCUT2D eigenvalue weighted by Crippen LogP contribution is 2.30. The summed E-state index contributed by atoms with van der Waals surface area (Å²) in [7, 11) is -2.90. The van der Waals surface area contributed by atoms with Crippen molar-refractivity contribution in [3.63, 3.8) is 0 Å². The van der Waals surface area contributed by atoms with E-state index in [9.17, 15) is 8.42 Å². The van der Waals surface area contributed by atoms with Crippen LogP contribution in [0.3, 0.4) is 0 Å². The van der Waals surface area contributed by atoms with Gasteiger partial charge in [-0.15, -0.1) is 0 Å². The van der Waals surface area contributed by atoms with Crippen LogP contribution in [-0.4, -0.2) is 56.5 Å². The van der Waals surface area contributed by atoms with Crippen molar-refractivity contribution >= 4 is 9.84 Å². The van der Waals surface area contributed by atoms with E-state index in [2.05, 4.69) is 51.8 Å². The molecule has 1 fully saturated rings. The van der Waals surface area contributed by atoms with Gasteiger partial charge in [-0.25, -0.2) is 8.42 Å². The molecule has 0 radical (unpaired) electrons. The maximum Gasteiger partial charge on any atom is 0.151 e. The van der Waals surface area contributed by atoms with Crippen LogP contribution >= 0.6 is 0 Å². The first-order valence-corrected chi connectivity index (χ1v) is 9.87. The molecular weight excluding hydrogens is 284 g/mol. The molecule has 126 valence electrons. The highest BCUT2D eigenvalue weighted by Gasteiger charge is 2.39. The summed E-state index contributed by atoms with van der Waals surface area (Å²) in [5.74, 6) is 0.509. The van der Waals surface area contributed by atoms with Crippen LogP contribution in [0.1, 0.15) is 48.5 Å². The van der Waals surface area contributed by atoms with Crippen LogP contribution in [0.15, 0.2) is 0 Å². The summed E-state index contributed by atoms with van der Waals surface area (Å²) >= 11 is 0. The summed E-state index contributed by atoms with van der Waals surface area (Å²) in [5.41, 5.74) is 0.330. The monoisotopic (exact) mass is 318 g/mol. The molecule has 5 heteroatoms. The van der Waals surface area contributed by atoms with E-state index in [1.54, 1.807) is 6.92 Å². The van der Waals surface area contributed by atoms with Crippen LogP contribution in [0, 0.1) is 10.8 Å². The number of rotatable bonds is 4. The fourth-order valence-electron chi connectivity index (χ4n) is 2.89. The Hall–Kier alpha value is -0.130. The van der Waals surface area contributed by atoms with E-state index >= 15 is 0 Å². The average Bonchev–Trinajstić information content (AvgIpc) is 2.34. The van der Waals surface area contributed by atoms with Gasteiger partial charge in [-0.1, -0.05) is 48.5 Å². The Balaban J connectivity index is 2.84. The molecule has 0 amide bonds. The summed E-state index contributed by atoms with van der Waals surface area (Å²) in [6.07, 6.45) is 0. The van der Waals surface area contributed by atoms with E-state index in [0.717, 1.165) is 13.1 Å². The molecule has 2 unspecified atom stereocenters. The van der Waals surface area contributed by atoms with Gasteiger partial charge in [0, 0.05) is 37.5 Å². The van der Waals surface area contributed by atoms with Gasteiger partial charge in [0.25, 0.3) is 0 Å². The van der Waals surface area contributed by atoms with Gasteiger partial charge >= 0.3 is 0 Å². The molecule has 0 bridgehead atoms. The van der Waals surface area contributed by atoms with Gasteiger partial charge in [0.2, 0.25) is 0 Å². The van der Waals surface area contributed by atoms with E-state index < -0.39 is 9.84 Å². The Labute approximate surface area is 131 Å². The average molecular weight is 319 g/mol. The van der Waals surface area contributed by atoms with E-state index in [1.807, 2.05) is 0 Å². The molecule has 0 aromatic heterocycles. The van der Waals surface area contributed by atoms with Crippen molar-refractivity contribution in [3.05, 3.63) is 0 Å². The second-order valence-electron chi connectivity index (χ2n) is 8.44. The minimum Gasteiger partial charge on any atom is -0.311 e. The molecule has 0 saturated carbocycles. The van der Waals surface area contributed by atoms with Crippen molar-refractivity contribution < 1.29 is 8.42 Å². The van der Waals surface area contributed by atoms with Gasteiger partial charge in [0.15, 0.2) is 9.84 Å². The smallest absolute Gasteiger partial charge is 0.151 e. The number of piperazine rings is 1. The molecule has 1 heterocycles. The maximum atomic E-state index is 11.8. The summed E-state index contributed by atoms with van der Waals surface area (Å²) < 4.78 is 23.7. The van der Waals surface area contributed by atoms with Gasteiger partial charge in [0.05, 0.1) is 5.75 Å². The second-order valence-corrected chi connectivity index (χ2v) is 10.9. The normalized spacial score (nSPS) is 26.0. The highest BCUT2D eigenvalue weighted by molar-refractivity contribution is 7.91. The van der Waals surface area contributed by atoms with Crippen molar-refractivity contribution in [2.24, 2.45) is 10.8 Å². The molecular formula is C16H34N2O2S. The van der Waals surface area contributed by atoms with Crippen molar-refractivity contribution in [1.82, 2.24) is 10.2 Å². The van der Waals surface area contributed by atoms with E-state index in [1.165, 1.54) is 0 Å². The molecule has 1 saturated heterocycles. The number of nitrogens with zero attached hydrogens (tertiary/aromatic N) is 1. The molecule has 1 N–H and O–H groups in total. The van der Waals surface area contributed by atoms with E-state index in [-0.39, 0.29) is 22.3 Å². The molecule has 2 atom stereocenters. The van der Waals surface area contributed by atoms with Crippen molar-refractivity contribution in [2.75, 3.05) is 31.1 Å². The molecule has 0 aromatic carbocycles. The van der Waals surface area contributed by atoms with Crippen LogP contribution < -0.4 is 5.32 Å². The lowest BCUT2D eigenvalue weighted by Crippen LogP contribution is -2.64. The lowest BCUT2D eigenvalue weighted by molar-refractivity contribution is 0.0350. The van der Waals surface area contributed by atoms with Crippen molar-refractivity contribution in [3.8, 4) is 0 Å². The van der Waals surface area contributed by atoms with Crippen molar-refractivity contribution in [1.29, 1.82) is 0 Å². The second kappa shape index (κ2) is 6.55. The number of hydrogen-bond acceptors (Lipinski definition) is 4.